The average Bonchev–Trinajstić information content (AvgIpc) is 3.22. The number of halogens is 1. The summed E-state index contributed by atoms with van der Waals surface area (Å²) in [6.45, 7) is 6.55. The fourth-order valence-corrected chi connectivity index (χ4v) is 4.18. The Balaban J connectivity index is 1.65. The van der Waals surface area contributed by atoms with Gasteiger partial charge in [-0.1, -0.05) is 75.0 Å². The molecule has 0 spiro atoms. The van der Waals surface area contributed by atoms with Crippen LogP contribution in [0.2, 0.25) is 0 Å². The van der Waals surface area contributed by atoms with Crippen molar-refractivity contribution in [3.8, 4) is 17.1 Å². The van der Waals surface area contributed by atoms with E-state index in [1.165, 1.54) is 41.6 Å². The third kappa shape index (κ3) is 4.81. The second-order valence-corrected chi connectivity index (χ2v) is 9.47. The summed E-state index contributed by atoms with van der Waals surface area (Å²) in [7, 11) is 0. The highest BCUT2D eigenvalue weighted by Gasteiger charge is 2.19. The predicted molar refractivity (Wildman–Crippen MR) is 127 cm³/mol. The van der Waals surface area contributed by atoms with E-state index in [0.717, 1.165) is 11.3 Å². The van der Waals surface area contributed by atoms with E-state index in [9.17, 15) is 9.18 Å². The Morgan fingerprint density at radius 3 is 2.19 bits per heavy atom. The lowest BCUT2D eigenvalue weighted by atomic mass is 9.87. The molecule has 1 aromatic heterocycles. The van der Waals surface area contributed by atoms with Crippen molar-refractivity contribution in [2.45, 2.75) is 31.3 Å². The molecule has 162 valence electrons. The van der Waals surface area contributed by atoms with E-state index >= 15 is 0 Å². The van der Waals surface area contributed by atoms with Crippen molar-refractivity contribution in [3.63, 3.8) is 0 Å². The van der Waals surface area contributed by atoms with Crippen LogP contribution < -0.4 is 0 Å². The molecular formula is C26H24FN3OS. The summed E-state index contributed by atoms with van der Waals surface area (Å²) >= 11 is 1.32. The van der Waals surface area contributed by atoms with Crippen molar-refractivity contribution in [1.82, 2.24) is 14.8 Å². The number of Topliss-reactive ketones (excluding diaryl/α,β-unsaturated/α-hetero) is 1. The molecule has 6 heteroatoms. The minimum absolute atomic E-state index is 0.0629. The Morgan fingerprint density at radius 1 is 0.906 bits per heavy atom. The third-order valence-corrected chi connectivity index (χ3v) is 6.08. The lowest BCUT2D eigenvalue weighted by Gasteiger charge is -2.19. The van der Waals surface area contributed by atoms with Crippen LogP contribution in [0.25, 0.3) is 17.1 Å². The Morgan fingerprint density at radius 2 is 1.56 bits per heavy atom. The van der Waals surface area contributed by atoms with E-state index in [1.807, 2.05) is 34.9 Å². The van der Waals surface area contributed by atoms with Gasteiger partial charge in [0.2, 0.25) is 0 Å². The molecule has 0 aliphatic rings. The zero-order chi connectivity index (χ0) is 22.7. The van der Waals surface area contributed by atoms with Crippen LogP contribution in [0.3, 0.4) is 0 Å². The van der Waals surface area contributed by atoms with Crippen LogP contribution in [0.5, 0.6) is 0 Å². The molecule has 0 atom stereocenters. The van der Waals surface area contributed by atoms with E-state index in [1.54, 1.807) is 0 Å². The quantitative estimate of drug-likeness (QED) is 0.256. The van der Waals surface area contributed by atoms with Gasteiger partial charge in [-0.3, -0.25) is 9.36 Å². The van der Waals surface area contributed by atoms with Gasteiger partial charge in [0.25, 0.3) is 0 Å². The number of rotatable bonds is 6. The van der Waals surface area contributed by atoms with Crippen molar-refractivity contribution < 1.29 is 9.18 Å². The van der Waals surface area contributed by atoms with Crippen molar-refractivity contribution in [1.29, 1.82) is 0 Å². The van der Waals surface area contributed by atoms with Crippen molar-refractivity contribution >= 4 is 17.5 Å². The zero-order valence-corrected chi connectivity index (χ0v) is 19.1. The standard InChI is InChI=1S/C26H24FN3OS/c1-26(2,3)20-13-9-19(10-14-20)24-28-29-25(30(24)22-7-5-4-6-8-22)32-17-23(31)18-11-15-21(27)16-12-18/h4-16H,17H2,1-3H3. The third-order valence-electron chi connectivity index (χ3n) is 5.16. The minimum Gasteiger partial charge on any atom is -0.293 e. The Hall–Kier alpha value is -3.25. The summed E-state index contributed by atoms with van der Waals surface area (Å²) in [5.41, 5.74) is 3.65. The lowest BCUT2D eigenvalue weighted by molar-refractivity contribution is 0.102. The van der Waals surface area contributed by atoms with Crippen molar-refractivity contribution in [2.24, 2.45) is 0 Å². The molecule has 32 heavy (non-hydrogen) atoms. The molecule has 4 rings (SSSR count). The number of ketones is 1. The minimum atomic E-state index is -0.361. The summed E-state index contributed by atoms with van der Waals surface area (Å²) in [5, 5.41) is 9.46. The van der Waals surface area contributed by atoms with Crippen molar-refractivity contribution in [3.05, 3.63) is 95.8 Å². The van der Waals surface area contributed by atoms with E-state index in [2.05, 4.69) is 55.2 Å². The summed E-state index contributed by atoms with van der Waals surface area (Å²) in [6, 6.07) is 23.8. The van der Waals surface area contributed by atoms with Gasteiger partial charge in [-0.25, -0.2) is 4.39 Å². The molecule has 0 N–H and O–H groups in total. The number of para-hydroxylation sites is 1. The largest absolute Gasteiger partial charge is 0.293 e. The smallest absolute Gasteiger partial charge is 0.196 e. The van der Waals surface area contributed by atoms with Crippen LogP contribution in [0.1, 0.15) is 36.7 Å². The first kappa shape index (κ1) is 22.0. The molecule has 0 unspecified atom stereocenters. The molecule has 0 radical (unpaired) electrons. The Kier molecular flexibility index (Phi) is 6.24. The zero-order valence-electron chi connectivity index (χ0n) is 18.2. The first-order valence-corrected chi connectivity index (χ1v) is 11.3. The second-order valence-electron chi connectivity index (χ2n) is 8.52. The molecular weight excluding hydrogens is 421 g/mol. The second kappa shape index (κ2) is 9.09. The maximum atomic E-state index is 13.2. The van der Waals surface area contributed by atoms with Gasteiger partial charge in [-0.15, -0.1) is 10.2 Å². The summed E-state index contributed by atoms with van der Waals surface area (Å²) in [4.78, 5) is 12.6. The van der Waals surface area contributed by atoms with Gasteiger partial charge in [-0.2, -0.15) is 0 Å². The summed E-state index contributed by atoms with van der Waals surface area (Å²) in [6.07, 6.45) is 0. The lowest BCUT2D eigenvalue weighted by Crippen LogP contribution is -2.10. The van der Waals surface area contributed by atoms with Crippen LogP contribution >= 0.6 is 11.8 Å². The number of carbonyl (C=O) groups is 1. The molecule has 4 nitrogen and oxygen atoms in total. The van der Waals surface area contributed by atoms with E-state index in [0.29, 0.717) is 16.5 Å². The molecule has 0 bridgehead atoms. The van der Waals surface area contributed by atoms with E-state index in [4.69, 9.17) is 0 Å². The van der Waals surface area contributed by atoms with Gasteiger partial charge in [0.15, 0.2) is 16.8 Å². The van der Waals surface area contributed by atoms with Gasteiger partial charge in [-0.05, 0) is 47.4 Å². The van der Waals surface area contributed by atoms with Gasteiger partial charge in [0, 0.05) is 16.8 Å². The topological polar surface area (TPSA) is 47.8 Å². The fourth-order valence-electron chi connectivity index (χ4n) is 3.33. The number of nitrogens with zero attached hydrogens (tertiary/aromatic N) is 3. The number of thioether (sulfide) groups is 1. The van der Waals surface area contributed by atoms with Crippen LogP contribution in [0, 0.1) is 5.82 Å². The predicted octanol–water partition coefficient (Wildman–Crippen LogP) is 6.35. The van der Waals surface area contributed by atoms with Crippen LogP contribution in [-0.4, -0.2) is 26.3 Å². The van der Waals surface area contributed by atoms with Crippen LogP contribution in [0.15, 0.2) is 84.0 Å². The fraction of sp³-hybridized carbons (Fsp3) is 0.192. The average molecular weight is 446 g/mol. The van der Waals surface area contributed by atoms with Crippen LogP contribution in [-0.2, 0) is 5.41 Å². The molecule has 0 fully saturated rings. The van der Waals surface area contributed by atoms with Gasteiger partial charge in [0.1, 0.15) is 5.82 Å². The highest BCUT2D eigenvalue weighted by Crippen LogP contribution is 2.30. The highest BCUT2D eigenvalue weighted by atomic mass is 32.2. The summed E-state index contributed by atoms with van der Waals surface area (Å²) < 4.78 is 15.1. The first-order chi connectivity index (χ1) is 15.3. The maximum absolute atomic E-state index is 13.2. The number of hydrogen-bond donors (Lipinski definition) is 0. The molecule has 0 saturated carbocycles. The van der Waals surface area contributed by atoms with Gasteiger partial charge in [0.05, 0.1) is 5.75 Å². The van der Waals surface area contributed by atoms with E-state index < -0.39 is 0 Å². The molecule has 0 saturated heterocycles. The number of hydrogen-bond acceptors (Lipinski definition) is 4. The number of carbonyl (C=O) groups excluding carboxylic acids is 1. The van der Waals surface area contributed by atoms with Crippen molar-refractivity contribution in [2.75, 3.05) is 5.75 Å². The molecule has 1 heterocycles. The molecule has 0 amide bonds. The first-order valence-electron chi connectivity index (χ1n) is 10.4. The molecule has 0 aliphatic carbocycles. The maximum Gasteiger partial charge on any atom is 0.196 e. The SMILES string of the molecule is CC(C)(C)c1ccc(-c2nnc(SCC(=O)c3ccc(F)cc3)n2-c2ccccc2)cc1. The Labute approximate surface area is 191 Å². The number of benzene rings is 3. The molecule has 3 aromatic carbocycles. The molecule has 0 aliphatic heterocycles. The van der Waals surface area contributed by atoms with Crippen LogP contribution in [0.4, 0.5) is 4.39 Å². The molecule has 4 aromatic rings. The van der Waals surface area contributed by atoms with Gasteiger partial charge < -0.3 is 0 Å². The van der Waals surface area contributed by atoms with E-state index in [-0.39, 0.29) is 22.8 Å². The highest BCUT2D eigenvalue weighted by molar-refractivity contribution is 7.99. The summed E-state index contributed by atoms with van der Waals surface area (Å²) in [5.74, 6) is 0.446. The monoisotopic (exact) mass is 445 g/mol. The number of aromatic nitrogens is 3. The Bertz CT molecular complexity index is 1210. The van der Waals surface area contributed by atoms with Gasteiger partial charge >= 0.3 is 0 Å². The normalized spacial score (nSPS) is 11.5.